The van der Waals surface area contributed by atoms with Gasteiger partial charge in [0.2, 0.25) is 12.3 Å². The molecule has 1 aromatic heterocycles. The predicted molar refractivity (Wildman–Crippen MR) is 105 cm³/mol. The number of carboxylic acids is 1. The van der Waals surface area contributed by atoms with Gasteiger partial charge < -0.3 is 30.2 Å². The molecule has 3 N–H and O–H groups in total. The zero-order chi connectivity index (χ0) is 21.9. The molecule has 0 aromatic carbocycles. The van der Waals surface area contributed by atoms with Gasteiger partial charge in [-0.3, -0.25) is 14.4 Å². The summed E-state index contributed by atoms with van der Waals surface area (Å²) in [5.74, 6) is -1.95. The summed E-state index contributed by atoms with van der Waals surface area (Å²) in [7, 11) is 2.54. The fourth-order valence-corrected chi connectivity index (χ4v) is 4.61. The van der Waals surface area contributed by atoms with E-state index < -0.39 is 34.8 Å². The maximum Gasteiger partial charge on any atom is 0.338 e. The van der Waals surface area contributed by atoms with Gasteiger partial charge in [0.25, 0.3) is 5.91 Å². The first-order valence-corrected chi connectivity index (χ1v) is 9.72. The molecular weight excluding hydrogens is 418 g/mol. The fourth-order valence-electron chi connectivity index (χ4n) is 3.10. The molecule has 0 spiro atoms. The number of thioether (sulfide) groups is 1. The average molecular weight is 437 g/mol. The lowest BCUT2D eigenvalue weighted by Gasteiger charge is -2.53. The Kier molecular flexibility index (Phi) is 6.22. The molecule has 1 aromatic rings. The predicted octanol–water partition coefficient (Wildman–Crippen LogP) is -1.13. The molecule has 13 heteroatoms. The molecule has 0 aliphatic carbocycles. The highest BCUT2D eigenvalue weighted by Gasteiger charge is 2.58. The lowest BCUT2D eigenvalue weighted by Crippen LogP contribution is -2.75. The van der Waals surface area contributed by atoms with Crippen molar-refractivity contribution in [3.63, 3.8) is 0 Å². The minimum Gasteiger partial charge on any atom is -0.479 e. The van der Waals surface area contributed by atoms with Gasteiger partial charge in [-0.15, -0.1) is 11.8 Å². The molecule has 2 saturated heterocycles. The minimum atomic E-state index is -1.48. The molecular formula is C17H19N5O7S. The Hall–Kier alpha value is -3.19. The molecule has 2 aliphatic heterocycles. The lowest BCUT2D eigenvalue weighted by molar-refractivity contribution is -0.170. The van der Waals surface area contributed by atoms with E-state index in [1.54, 1.807) is 6.07 Å². The van der Waals surface area contributed by atoms with E-state index >= 15 is 0 Å². The molecule has 3 amide bonds. The Morgan fingerprint density at radius 1 is 1.43 bits per heavy atom. The summed E-state index contributed by atoms with van der Waals surface area (Å²) in [6, 6.07) is 3.73. The summed E-state index contributed by atoms with van der Waals surface area (Å²) in [6.07, 6.45) is 0.443. The van der Waals surface area contributed by atoms with Crippen molar-refractivity contribution < 1.29 is 33.9 Å². The average Bonchev–Trinajstić information content (AvgIpc) is 2.75. The molecule has 3 heterocycles. The number of aliphatic carboxylic acids is 1. The Morgan fingerprint density at radius 2 is 2.20 bits per heavy atom. The third-order valence-electron chi connectivity index (χ3n) is 4.72. The number of methoxy groups -OCH3 is 1. The number of hydrogen-bond donors (Lipinski definition) is 3. The van der Waals surface area contributed by atoms with Crippen LogP contribution in [-0.4, -0.2) is 88.4 Å². The summed E-state index contributed by atoms with van der Waals surface area (Å²) in [5, 5.41) is 17.7. The standard InChI is InChI=1S/C17H19N5O7S/c1-28-17(16(26)27)6-22-14(25)12(15(22)30-7-17)20-13(24)11(21-29-2)9-4-3-5-10(19-9)18-8-23/h3-5,8,12,15H,6-7H2,1-2H3,(H,20,24)(H,26,27)(H,18,19,23)/t12?,15-,17?/m1/s1. The highest BCUT2D eigenvalue weighted by atomic mass is 32.2. The molecule has 3 rings (SSSR count). The van der Waals surface area contributed by atoms with Crippen molar-refractivity contribution in [2.75, 3.05) is 31.8 Å². The molecule has 30 heavy (non-hydrogen) atoms. The molecule has 0 radical (unpaired) electrons. The van der Waals surface area contributed by atoms with Gasteiger partial charge >= 0.3 is 5.97 Å². The zero-order valence-electron chi connectivity index (χ0n) is 16.0. The van der Waals surface area contributed by atoms with Gasteiger partial charge in [-0.25, -0.2) is 9.78 Å². The number of carbonyl (C=O) groups excluding carboxylic acids is 3. The van der Waals surface area contributed by atoms with Crippen molar-refractivity contribution in [3.8, 4) is 0 Å². The van der Waals surface area contributed by atoms with E-state index in [0.29, 0.717) is 6.41 Å². The number of nitrogens with zero attached hydrogens (tertiary/aromatic N) is 3. The number of fused-ring (bicyclic) bond motifs is 1. The second-order valence-corrected chi connectivity index (χ2v) is 7.52. The minimum absolute atomic E-state index is 0.109. The molecule has 3 atom stereocenters. The number of nitrogens with one attached hydrogen (secondary N) is 2. The van der Waals surface area contributed by atoms with E-state index in [-0.39, 0.29) is 29.5 Å². The van der Waals surface area contributed by atoms with Crippen molar-refractivity contribution in [1.29, 1.82) is 0 Å². The van der Waals surface area contributed by atoms with Gasteiger partial charge in [-0.1, -0.05) is 11.2 Å². The van der Waals surface area contributed by atoms with Crippen LogP contribution in [0, 0.1) is 0 Å². The van der Waals surface area contributed by atoms with Crippen LogP contribution < -0.4 is 10.6 Å². The quantitative estimate of drug-likeness (QED) is 0.198. The van der Waals surface area contributed by atoms with Crippen molar-refractivity contribution in [2.24, 2.45) is 5.16 Å². The van der Waals surface area contributed by atoms with E-state index in [4.69, 9.17) is 9.57 Å². The van der Waals surface area contributed by atoms with Crippen LogP contribution in [0.1, 0.15) is 5.69 Å². The van der Waals surface area contributed by atoms with Crippen molar-refractivity contribution in [1.82, 2.24) is 15.2 Å². The van der Waals surface area contributed by atoms with Crippen LogP contribution in [0.5, 0.6) is 0 Å². The molecule has 2 aliphatic rings. The highest BCUT2D eigenvalue weighted by molar-refractivity contribution is 8.00. The van der Waals surface area contributed by atoms with Crippen LogP contribution >= 0.6 is 11.8 Å². The van der Waals surface area contributed by atoms with E-state index in [1.807, 2.05) is 0 Å². The largest absolute Gasteiger partial charge is 0.479 e. The Balaban J connectivity index is 1.73. The monoisotopic (exact) mass is 437 g/mol. The number of β-lactam (4-membered cyclic amide) rings is 1. The first-order valence-electron chi connectivity index (χ1n) is 8.67. The molecule has 2 fully saturated rings. The molecule has 160 valence electrons. The van der Waals surface area contributed by atoms with Crippen LogP contribution in [0.25, 0.3) is 0 Å². The van der Waals surface area contributed by atoms with Crippen molar-refractivity contribution >= 4 is 47.5 Å². The molecule has 0 saturated carbocycles. The van der Waals surface area contributed by atoms with Gasteiger partial charge in [0.15, 0.2) is 11.3 Å². The fraction of sp³-hybridized carbons (Fsp3) is 0.412. The number of amides is 3. The lowest BCUT2D eigenvalue weighted by atomic mass is 9.99. The number of pyridine rings is 1. The first kappa shape index (κ1) is 21.5. The van der Waals surface area contributed by atoms with E-state index in [0.717, 1.165) is 0 Å². The third kappa shape index (κ3) is 3.80. The number of hydrogen-bond acceptors (Lipinski definition) is 9. The first-order chi connectivity index (χ1) is 14.4. The summed E-state index contributed by atoms with van der Waals surface area (Å²) in [6.45, 7) is -0.109. The summed E-state index contributed by atoms with van der Waals surface area (Å²) in [5.41, 5.74) is -1.54. The number of carbonyl (C=O) groups is 4. The molecule has 0 bridgehead atoms. The van der Waals surface area contributed by atoms with Crippen LogP contribution in [-0.2, 0) is 28.8 Å². The van der Waals surface area contributed by atoms with E-state index in [2.05, 4.69) is 20.8 Å². The Labute approximate surface area is 175 Å². The summed E-state index contributed by atoms with van der Waals surface area (Å²) in [4.78, 5) is 57.6. The maximum atomic E-state index is 12.8. The zero-order valence-corrected chi connectivity index (χ0v) is 16.8. The van der Waals surface area contributed by atoms with E-state index in [9.17, 15) is 24.3 Å². The number of anilines is 1. The van der Waals surface area contributed by atoms with Gasteiger partial charge in [0.05, 0.1) is 6.54 Å². The van der Waals surface area contributed by atoms with E-state index in [1.165, 1.54) is 43.0 Å². The van der Waals surface area contributed by atoms with Gasteiger partial charge in [0.1, 0.15) is 30.0 Å². The SMILES string of the molecule is CON=C(C(=O)NC1C(=O)N2CC(OC)(C(=O)O)CS[C@H]12)c1cccc(NC=O)n1. The van der Waals surface area contributed by atoms with Gasteiger partial charge in [-0.2, -0.15) is 0 Å². The van der Waals surface area contributed by atoms with Crippen LogP contribution in [0.2, 0.25) is 0 Å². The van der Waals surface area contributed by atoms with Gasteiger partial charge in [0, 0.05) is 12.9 Å². The number of rotatable bonds is 8. The van der Waals surface area contributed by atoms with Crippen molar-refractivity contribution in [3.05, 3.63) is 23.9 Å². The third-order valence-corrected chi connectivity index (χ3v) is 6.22. The topological polar surface area (TPSA) is 160 Å². The maximum absolute atomic E-state index is 12.8. The van der Waals surface area contributed by atoms with Gasteiger partial charge in [-0.05, 0) is 12.1 Å². The molecule has 12 nitrogen and oxygen atoms in total. The second-order valence-electron chi connectivity index (χ2n) is 6.42. The number of ether oxygens (including phenoxy) is 1. The summed E-state index contributed by atoms with van der Waals surface area (Å²) >= 11 is 1.21. The van der Waals surface area contributed by atoms with Crippen molar-refractivity contribution in [2.45, 2.75) is 17.0 Å². The number of oxime groups is 1. The number of carboxylic acid groups (broad SMARTS) is 1. The Morgan fingerprint density at radius 3 is 2.83 bits per heavy atom. The molecule has 2 unspecified atom stereocenters. The highest BCUT2D eigenvalue weighted by Crippen LogP contribution is 2.39. The Bertz CT molecular complexity index is 910. The van der Waals surface area contributed by atoms with Crippen LogP contribution in [0.4, 0.5) is 5.82 Å². The smallest absolute Gasteiger partial charge is 0.338 e. The second kappa shape index (κ2) is 8.67. The van der Waals surface area contributed by atoms with Crippen LogP contribution in [0.3, 0.4) is 0 Å². The van der Waals surface area contributed by atoms with Crippen LogP contribution in [0.15, 0.2) is 23.4 Å². The summed E-state index contributed by atoms with van der Waals surface area (Å²) < 4.78 is 5.14. The number of aromatic nitrogens is 1. The normalized spacial score (nSPS) is 25.6.